The summed E-state index contributed by atoms with van der Waals surface area (Å²) in [5.74, 6) is 0.832. The first kappa shape index (κ1) is 11.4. The van der Waals surface area contributed by atoms with Crippen LogP contribution in [0.3, 0.4) is 0 Å². The van der Waals surface area contributed by atoms with Crippen LogP contribution in [0.5, 0.6) is 5.75 Å². The Morgan fingerprint density at radius 2 is 2.06 bits per heavy atom. The molecule has 0 N–H and O–H groups in total. The summed E-state index contributed by atoms with van der Waals surface area (Å²) in [6.45, 7) is 3.94. The van der Waals surface area contributed by atoms with Crippen LogP contribution in [0, 0.1) is 0 Å². The van der Waals surface area contributed by atoms with Gasteiger partial charge in [0.15, 0.2) is 0 Å². The minimum atomic E-state index is -4.63. The maximum atomic E-state index is 12.8. The molecular weight excluding hydrogens is 231 g/mol. The number of rotatable bonds is 1. The summed E-state index contributed by atoms with van der Waals surface area (Å²) in [5.41, 5.74) is 0.761. The fourth-order valence-corrected chi connectivity index (χ4v) is 2.56. The van der Waals surface area contributed by atoms with Gasteiger partial charge in [0, 0.05) is 0 Å². The number of halogens is 1. The number of hydrogen-bond acceptors (Lipinski definition) is 3. The third-order valence-electron chi connectivity index (χ3n) is 2.81. The zero-order valence-electron chi connectivity index (χ0n) is 9.10. The van der Waals surface area contributed by atoms with Crippen molar-refractivity contribution < 1.29 is 17.0 Å². The molecule has 3 nitrogen and oxygen atoms in total. The number of benzene rings is 1. The van der Waals surface area contributed by atoms with Crippen molar-refractivity contribution in [2.75, 3.05) is 0 Å². The topological polar surface area (TPSA) is 43.4 Å². The molecule has 0 spiro atoms. The summed E-state index contributed by atoms with van der Waals surface area (Å²) in [5, 5.41) is 0. The van der Waals surface area contributed by atoms with E-state index in [4.69, 9.17) is 4.74 Å². The predicted octanol–water partition coefficient (Wildman–Crippen LogP) is 2.62. The highest BCUT2D eigenvalue weighted by Crippen LogP contribution is 2.37. The number of fused-ring (bicyclic) bond motifs is 1. The quantitative estimate of drug-likeness (QED) is 0.713. The first-order valence-electron chi connectivity index (χ1n) is 5.13. The van der Waals surface area contributed by atoms with Crippen LogP contribution in [0.1, 0.15) is 31.7 Å². The highest BCUT2D eigenvalue weighted by molar-refractivity contribution is 7.86. The summed E-state index contributed by atoms with van der Waals surface area (Å²) < 4.78 is 39.9. The fourth-order valence-electron chi connectivity index (χ4n) is 2.06. The molecule has 0 fully saturated rings. The normalized spacial score (nSPS) is 24.7. The van der Waals surface area contributed by atoms with Crippen LogP contribution in [-0.2, 0) is 10.2 Å². The summed E-state index contributed by atoms with van der Waals surface area (Å²) in [6, 6.07) is 4.12. The van der Waals surface area contributed by atoms with E-state index in [9.17, 15) is 12.3 Å². The van der Waals surface area contributed by atoms with Crippen molar-refractivity contribution in [1.29, 1.82) is 0 Å². The monoisotopic (exact) mass is 244 g/mol. The van der Waals surface area contributed by atoms with Gasteiger partial charge < -0.3 is 4.74 Å². The molecule has 1 aliphatic heterocycles. The summed E-state index contributed by atoms with van der Waals surface area (Å²) in [6.07, 6.45) is 0.915. The Balaban J connectivity index is 2.51. The van der Waals surface area contributed by atoms with Gasteiger partial charge in [-0.05, 0) is 43.0 Å². The minimum Gasteiger partial charge on any atom is -0.490 e. The van der Waals surface area contributed by atoms with Gasteiger partial charge in [-0.15, -0.1) is 3.89 Å². The van der Waals surface area contributed by atoms with Crippen molar-refractivity contribution in [2.45, 2.75) is 37.2 Å². The van der Waals surface area contributed by atoms with E-state index in [2.05, 4.69) is 0 Å². The molecule has 1 aliphatic rings. The first-order chi connectivity index (χ1) is 7.38. The van der Waals surface area contributed by atoms with Crippen LogP contribution >= 0.6 is 0 Å². The third-order valence-corrected chi connectivity index (χ3v) is 3.62. The average molecular weight is 244 g/mol. The van der Waals surface area contributed by atoms with Crippen LogP contribution in [0.4, 0.5) is 3.89 Å². The van der Waals surface area contributed by atoms with Crippen LogP contribution in [0.25, 0.3) is 0 Å². The van der Waals surface area contributed by atoms with E-state index in [0.29, 0.717) is 5.75 Å². The SMILES string of the molecule is CC1CC(C)c2cc(S(=O)(=O)F)ccc2O1. The summed E-state index contributed by atoms with van der Waals surface area (Å²) in [7, 11) is -4.63. The second-order valence-corrected chi connectivity index (χ2v) is 5.55. The van der Waals surface area contributed by atoms with Gasteiger partial charge in [0.1, 0.15) is 5.75 Å². The van der Waals surface area contributed by atoms with Gasteiger partial charge in [-0.1, -0.05) is 6.92 Å². The van der Waals surface area contributed by atoms with E-state index >= 15 is 0 Å². The summed E-state index contributed by atoms with van der Waals surface area (Å²) in [4.78, 5) is -0.295. The molecule has 0 aliphatic carbocycles. The van der Waals surface area contributed by atoms with E-state index in [-0.39, 0.29) is 16.9 Å². The van der Waals surface area contributed by atoms with E-state index in [1.165, 1.54) is 18.2 Å². The Labute approximate surface area is 94.5 Å². The van der Waals surface area contributed by atoms with Crippen LogP contribution < -0.4 is 4.74 Å². The van der Waals surface area contributed by atoms with Gasteiger partial charge in [0.05, 0.1) is 11.0 Å². The molecule has 0 bridgehead atoms. The van der Waals surface area contributed by atoms with Gasteiger partial charge in [0.2, 0.25) is 0 Å². The molecule has 2 unspecified atom stereocenters. The molecule has 16 heavy (non-hydrogen) atoms. The molecule has 0 saturated heterocycles. The number of hydrogen-bond donors (Lipinski definition) is 0. The summed E-state index contributed by atoms with van der Waals surface area (Å²) >= 11 is 0. The zero-order chi connectivity index (χ0) is 11.9. The maximum absolute atomic E-state index is 12.8. The molecule has 1 aromatic rings. The van der Waals surface area contributed by atoms with E-state index in [1.54, 1.807) is 0 Å². The Hall–Kier alpha value is -1.10. The second kappa shape index (κ2) is 3.73. The molecule has 1 heterocycles. The molecule has 88 valence electrons. The Morgan fingerprint density at radius 3 is 2.69 bits per heavy atom. The van der Waals surface area contributed by atoms with Crippen molar-refractivity contribution in [2.24, 2.45) is 0 Å². The van der Waals surface area contributed by atoms with Crippen molar-refractivity contribution in [3.05, 3.63) is 23.8 Å². The lowest BCUT2D eigenvalue weighted by atomic mass is 9.92. The van der Waals surface area contributed by atoms with Crippen LogP contribution in [-0.4, -0.2) is 14.5 Å². The lowest BCUT2D eigenvalue weighted by Gasteiger charge is -2.28. The average Bonchev–Trinajstić information content (AvgIpc) is 2.15. The van der Waals surface area contributed by atoms with Crippen molar-refractivity contribution in [3.8, 4) is 5.75 Å². The fraction of sp³-hybridized carbons (Fsp3) is 0.455. The standard InChI is InChI=1S/C11H13FO3S/c1-7-5-8(2)15-11-4-3-9(6-10(7)11)16(12,13)14/h3-4,6-8H,5H2,1-2H3. The van der Waals surface area contributed by atoms with E-state index in [0.717, 1.165) is 12.0 Å². The molecule has 0 aromatic heterocycles. The van der Waals surface area contributed by atoms with E-state index in [1.807, 2.05) is 13.8 Å². The predicted molar refractivity (Wildman–Crippen MR) is 57.9 cm³/mol. The molecule has 1 aromatic carbocycles. The maximum Gasteiger partial charge on any atom is 0.332 e. The van der Waals surface area contributed by atoms with Crippen molar-refractivity contribution in [3.63, 3.8) is 0 Å². The lowest BCUT2D eigenvalue weighted by Crippen LogP contribution is -2.21. The van der Waals surface area contributed by atoms with Crippen LogP contribution in [0.2, 0.25) is 0 Å². The van der Waals surface area contributed by atoms with E-state index < -0.39 is 10.2 Å². The number of ether oxygens (including phenoxy) is 1. The Kier molecular flexibility index (Phi) is 2.66. The lowest BCUT2D eigenvalue weighted by molar-refractivity contribution is 0.179. The molecular formula is C11H13FO3S. The van der Waals surface area contributed by atoms with Gasteiger partial charge in [-0.3, -0.25) is 0 Å². The van der Waals surface area contributed by atoms with Gasteiger partial charge in [-0.2, -0.15) is 8.42 Å². The molecule has 2 rings (SSSR count). The highest BCUT2D eigenvalue weighted by atomic mass is 32.3. The van der Waals surface area contributed by atoms with Gasteiger partial charge in [0.25, 0.3) is 0 Å². The van der Waals surface area contributed by atoms with Crippen molar-refractivity contribution in [1.82, 2.24) is 0 Å². The van der Waals surface area contributed by atoms with Crippen molar-refractivity contribution >= 4 is 10.2 Å². The minimum absolute atomic E-state index is 0.107. The van der Waals surface area contributed by atoms with Crippen LogP contribution in [0.15, 0.2) is 23.1 Å². The molecule has 5 heteroatoms. The Morgan fingerprint density at radius 1 is 1.38 bits per heavy atom. The molecule has 0 amide bonds. The third kappa shape index (κ3) is 2.04. The molecule has 2 atom stereocenters. The second-order valence-electron chi connectivity index (χ2n) is 4.20. The Bertz CT molecular complexity index is 510. The largest absolute Gasteiger partial charge is 0.490 e. The smallest absolute Gasteiger partial charge is 0.332 e. The zero-order valence-corrected chi connectivity index (χ0v) is 9.92. The molecule has 0 saturated carbocycles. The molecule has 0 radical (unpaired) electrons. The highest BCUT2D eigenvalue weighted by Gasteiger charge is 2.24. The first-order valence-corrected chi connectivity index (χ1v) is 6.51. The van der Waals surface area contributed by atoms with Gasteiger partial charge >= 0.3 is 10.2 Å². The van der Waals surface area contributed by atoms with Gasteiger partial charge in [-0.25, -0.2) is 0 Å².